The van der Waals surface area contributed by atoms with Crippen LogP contribution in [0.15, 0.2) is 35.7 Å². The van der Waals surface area contributed by atoms with Crippen LogP contribution in [0.5, 0.6) is 11.5 Å². The average Bonchev–Trinajstić information content (AvgIpc) is 3.04. The van der Waals surface area contributed by atoms with Crippen LogP contribution in [0.1, 0.15) is 4.88 Å². The lowest BCUT2D eigenvalue weighted by atomic mass is 10.2. The van der Waals surface area contributed by atoms with Crippen molar-refractivity contribution < 1.29 is 23.0 Å². The third-order valence-corrected chi connectivity index (χ3v) is 3.75. The van der Waals surface area contributed by atoms with Crippen molar-refractivity contribution in [2.45, 2.75) is 13.2 Å². The molecule has 1 aromatic heterocycles. The van der Waals surface area contributed by atoms with Gasteiger partial charge in [0.2, 0.25) is 5.91 Å². The summed E-state index contributed by atoms with van der Waals surface area (Å²) in [6.07, 6.45) is 0. The van der Waals surface area contributed by atoms with Crippen LogP contribution < -0.4 is 20.1 Å². The number of hydrogen-bond acceptors (Lipinski definition) is 5. The van der Waals surface area contributed by atoms with Crippen LogP contribution in [0.4, 0.5) is 14.5 Å². The maximum atomic E-state index is 12.4. The van der Waals surface area contributed by atoms with Crippen LogP contribution >= 0.6 is 11.3 Å². The minimum atomic E-state index is -2.95. The van der Waals surface area contributed by atoms with Gasteiger partial charge in [-0.2, -0.15) is 8.78 Å². The number of nitrogens with one attached hydrogen (secondary N) is 2. The Hall–Kier alpha value is -2.35. The number of amides is 1. The molecule has 2 N–H and O–H groups in total. The third-order valence-electron chi connectivity index (χ3n) is 2.87. The molecule has 2 aromatic rings. The second-order valence-electron chi connectivity index (χ2n) is 4.45. The van der Waals surface area contributed by atoms with Gasteiger partial charge in [0.15, 0.2) is 11.5 Å². The van der Waals surface area contributed by atoms with E-state index < -0.39 is 6.61 Å². The molecule has 1 aromatic carbocycles. The van der Waals surface area contributed by atoms with Crippen molar-refractivity contribution in [2.75, 3.05) is 19.0 Å². The monoisotopic (exact) mass is 342 g/mol. The van der Waals surface area contributed by atoms with Gasteiger partial charge in [-0.05, 0) is 23.6 Å². The average molecular weight is 342 g/mol. The zero-order chi connectivity index (χ0) is 16.7. The van der Waals surface area contributed by atoms with E-state index in [2.05, 4.69) is 15.4 Å². The van der Waals surface area contributed by atoms with Crippen molar-refractivity contribution in [3.63, 3.8) is 0 Å². The standard InChI is InChI=1S/C15H16F2N2O3S/c1-21-12-5-4-10(7-13(12)22-15(16)17)18-9-14(20)19-8-11-3-2-6-23-11/h2-7,15,18H,8-9H2,1H3,(H,19,20). The molecule has 0 aliphatic rings. The van der Waals surface area contributed by atoms with Gasteiger partial charge >= 0.3 is 6.61 Å². The Morgan fingerprint density at radius 1 is 1.30 bits per heavy atom. The Balaban J connectivity index is 1.88. The topological polar surface area (TPSA) is 59.6 Å². The molecule has 0 saturated heterocycles. The van der Waals surface area contributed by atoms with E-state index in [1.165, 1.54) is 19.2 Å². The highest BCUT2D eigenvalue weighted by molar-refractivity contribution is 7.09. The number of carbonyl (C=O) groups excluding carboxylic acids is 1. The summed E-state index contributed by atoms with van der Waals surface area (Å²) in [5.74, 6) is -0.102. The Kier molecular flexibility index (Phi) is 6.16. The third kappa shape index (κ3) is 5.41. The zero-order valence-electron chi connectivity index (χ0n) is 12.3. The number of rotatable bonds is 8. The highest BCUT2D eigenvalue weighted by Crippen LogP contribution is 2.31. The lowest BCUT2D eigenvalue weighted by Gasteiger charge is -2.12. The number of hydrogen-bond donors (Lipinski definition) is 2. The fraction of sp³-hybridized carbons (Fsp3) is 0.267. The number of halogens is 2. The van der Waals surface area contributed by atoms with Crippen molar-refractivity contribution in [3.8, 4) is 11.5 Å². The fourth-order valence-electron chi connectivity index (χ4n) is 1.82. The predicted octanol–water partition coefficient (Wildman–Crippen LogP) is 3.09. The smallest absolute Gasteiger partial charge is 0.387 e. The molecule has 124 valence electrons. The molecule has 5 nitrogen and oxygen atoms in total. The van der Waals surface area contributed by atoms with E-state index >= 15 is 0 Å². The Morgan fingerprint density at radius 2 is 2.13 bits per heavy atom. The van der Waals surface area contributed by atoms with Gasteiger partial charge in [-0.15, -0.1) is 11.3 Å². The van der Waals surface area contributed by atoms with E-state index in [4.69, 9.17) is 4.74 Å². The molecule has 1 amide bonds. The van der Waals surface area contributed by atoms with Crippen LogP contribution in [0.2, 0.25) is 0 Å². The van der Waals surface area contributed by atoms with Crippen LogP contribution in [-0.2, 0) is 11.3 Å². The van der Waals surface area contributed by atoms with E-state index in [9.17, 15) is 13.6 Å². The first-order valence-electron chi connectivity index (χ1n) is 6.74. The maximum Gasteiger partial charge on any atom is 0.387 e. The molecule has 0 aliphatic carbocycles. The molecule has 8 heteroatoms. The first-order valence-corrected chi connectivity index (χ1v) is 7.62. The number of methoxy groups -OCH3 is 1. The second kappa shape index (κ2) is 8.33. The van der Waals surface area contributed by atoms with Crippen LogP contribution in [0.25, 0.3) is 0 Å². The van der Waals surface area contributed by atoms with E-state index in [0.717, 1.165) is 4.88 Å². The number of thiophene rings is 1. The SMILES string of the molecule is COc1ccc(NCC(=O)NCc2cccs2)cc1OC(F)F. The summed E-state index contributed by atoms with van der Waals surface area (Å²) in [5, 5.41) is 7.54. The summed E-state index contributed by atoms with van der Waals surface area (Å²) in [6.45, 7) is -2.47. The van der Waals surface area contributed by atoms with Gasteiger partial charge in [-0.3, -0.25) is 4.79 Å². The molecule has 2 rings (SSSR count). The lowest BCUT2D eigenvalue weighted by Crippen LogP contribution is -2.29. The van der Waals surface area contributed by atoms with Crippen LogP contribution in [-0.4, -0.2) is 26.2 Å². The number of alkyl halides is 2. The summed E-state index contributed by atoms with van der Waals surface area (Å²) in [6, 6.07) is 8.30. The molecule has 0 radical (unpaired) electrons. The molecule has 0 fully saturated rings. The largest absolute Gasteiger partial charge is 0.493 e. The van der Waals surface area contributed by atoms with Crippen molar-refractivity contribution in [1.29, 1.82) is 0 Å². The molecule has 0 spiro atoms. The minimum absolute atomic E-state index is 0.0197. The van der Waals surface area contributed by atoms with Gasteiger partial charge < -0.3 is 20.1 Å². The molecular formula is C15H16F2N2O3S. The number of carbonyl (C=O) groups is 1. The summed E-state index contributed by atoms with van der Waals surface area (Å²) >= 11 is 1.55. The molecule has 0 unspecified atom stereocenters. The minimum Gasteiger partial charge on any atom is -0.493 e. The fourth-order valence-corrected chi connectivity index (χ4v) is 2.46. The number of ether oxygens (including phenoxy) is 2. The van der Waals surface area contributed by atoms with Gasteiger partial charge in [-0.25, -0.2) is 0 Å². The predicted molar refractivity (Wildman–Crippen MR) is 84.3 cm³/mol. The first kappa shape index (κ1) is 17.0. The molecule has 1 heterocycles. The summed E-state index contributed by atoms with van der Waals surface area (Å²) in [5.41, 5.74) is 0.479. The summed E-state index contributed by atoms with van der Waals surface area (Å²) in [4.78, 5) is 12.8. The molecule has 23 heavy (non-hydrogen) atoms. The van der Waals surface area contributed by atoms with Crippen LogP contribution in [0.3, 0.4) is 0 Å². The second-order valence-corrected chi connectivity index (χ2v) is 5.49. The first-order chi connectivity index (χ1) is 11.1. The molecule has 0 saturated carbocycles. The van der Waals surface area contributed by atoms with Gasteiger partial charge in [0.05, 0.1) is 20.2 Å². The lowest BCUT2D eigenvalue weighted by molar-refractivity contribution is -0.119. The summed E-state index contributed by atoms with van der Waals surface area (Å²) in [7, 11) is 1.36. The molecular weight excluding hydrogens is 326 g/mol. The normalized spacial score (nSPS) is 10.4. The van der Waals surface area contributed by atoms with Gasteiger partial charge in [0, 0.05) is 16.6 Å². The van der Waals surface area contributed by atoms with Gasteiger partial charge in [0.25, 0.3) is 0 Å². The highest BCUT2D eigenvalue weighted by atomic mass is 32.1. The summed E-state index contributed by atoms with van der Waals surface area (Å²) < 4.78 is 34.0. The van der Waals surface area contributed by atoms with Gasteiger partial charge in [0.1, 0.15) is 0 Å². The molecule has 0 atom stereocenters. The van der Waals surface area contributed by atoms with Crippen molar-refractivity contribution in [3.05, 3.63) is 40.6 Å². The maximum absolute atomic E-state index is 12.4. The van der Waals surface area contributed by atoms with E-state index in [0.29, 0.717) is 12.2 Å². The Bertz CT molecular complexity index is 636. The highest BCUT2D eigenvalue weighted by Gasteiger charge is 2.11. The van der Waals surface area contributed by atoms with E-state index in [1.807, 2.05) is 17.5 Å². The number of anilines is 1. The zero-order valence-corrected chi connectivity index (χ0v) is 13.2. The quantitative estimate of drug-likeness (QED) is 0.774. The van der Waals surface area contributed by atoms with Gasteiger partial charge in [-0.1, -0.05) is 6.07 Å². The van der Waals surface area contributed by atoms with Crippen LogP contribution in [0, 0.1) is 0 Å². The molecule has 0 aliphatic heterocycles. The van der Waals surface area contributed by atoms with Crippen molar-refractivity contribution >= 4 is 22.9 Å². The Labute approximate surface area is 136 Å². The van der Waals surface area contributed by atoms with E-state index in [-0.39, 0.29) is 24.0 Å². The Morgan fingerprint density at radius 3 is 2.78 bits per heavy atom. The van der Waals surface area contributed by atoms with Crippen molar-refractivity contribution in [2.24, 2.45) is 0 Å². The van der Waals surface area contributed by atoms with Crippen molar-refractivity contribution in [1.82, 2.24) is 5.32 Å². The number of benzene rings is 1. The van der Waals surface area contributed by atoms with E-state index in [1.54, 1.807) is 17.4 Å². The molecule has 0 bridgehead atoms.